The van der Waals surface area contributed by atoms with Crippen LogP contribution in [0.5, 0.6) is 0 Å². The average Bonchev–Trinajstić information content (AvgIpc) is 3.46. The highest BCUT2D eigenvalue weighted by Gasteiger charge is 2.72. The lowest BCUT2D eigenvalue weighted by atomic mass is 9.53. The number of likely N-dealkylation sites (tertiary alicyclic amines) is 1. The lowest BCUT2D eigenvalue weighted by molar-refractivity contribution is -0.132. The number of aromatic nitrogens is 2. The van der Waals surface area contributed by atoms with E-state index in [4.69, 9.17) is 33.2 Å². The van der Waals surface area contributed by atoms with Crippen LogP contribution in [0.1, 0.15) is 47.6 Å². The number of fused-ring (bicyclic) bond motifs is 7. The van der Waals surface area contributed by atoms with Crippen LogP contribution in [0.25, 0.3) is 28.4 Å². The van der Waals surface area contributed by atoms with Crippen LogP contribution in [0, 0.1) is 5.41 Å². The third-order valence-corrected chi connectivity index (χ3v) is 10.5. The van der Waals surface area contributed by atoms with Gasteiger partial charge in [0.1, 0.15) is 5.54 Å². The molecule has 0 bridgehead atoms. The van der Waals surface area contributed by atoms with Gasteiger partial charge in [0.05, 0.1) is 27.8 Å². The van der Waals surface area contributed by atoms with Crippen molar-refractivity contribution < 1.29 is 4.79 Å². The molecule has 1 aliphatic heterocycles. The molecule has 8 rings (SSSR count). The van der Waals surface area contributed by atoms with E-state index in [-0.39, 0.29) is 11.7 Å². The Hall–Kier alpha value is -3.83. The van der Waals surface area contributed by atoms with E-state index in [1.165, 1.54) is 0 Å². The number of likely N-dealkylation sites (N-methyl/N-ethyl adjacent to an activating group) is 1. The maximum absolute atomic E-state index is 15.5. The molecule has 2 spiro atoms. The molecule has 0 radical (unpaired) electrons. The van der Waals surface area contributed by atoms with Crippen molar-refractivity contribution in [3.05, 3.63) is 135 Å². The minimum Gasteiger partial charge on any atom is -0.294 e. The summed E-state index contributed by atoms with van der Waals surface area (Å²) < 4.78 is 0. The molecule has 212 valence electrons. The summed E-state index contributed by atoms with van der Waals surface area (Å²) in [6.07, 6.45) is 4.43. The molecule has 5 aromatic rings. The van der Waals surface area contributed by atoms with Crippen molar-refractivity contribution >= 4 is 46.1 Å². The summed E-state index contributed by atoms with van der Waals surface area (Å²) in [6, 6.07) is 32.3. The number of halogens is 2. The van der Waals surface area contributed by atoms with Gasteiger partial charge in [0.15, 0.2) is 5.78 Å². The zero-order valence-electron chi connectivity index (χ0n) is 23.7. The van der Waals surface area contributed by atoms with Gasteiger partial charge >= 0.3 is 0 Å². The molecule has 43 heavy (non-hydrogen) atoms. The number of rotatable bonds is 2. The van der Waals surface area contributed by atoms with E-state index in [0.717, 1.165) is 69.5 Å². The molecule has 1 aromatic heterocycles. The Morgan fingerprint density at radius 3 is 2.23 bits per heavy atom. The number of carbonyl (C=O) groups is 1. The first kappa shape index (κ1) is 26.8. The lowest BCUT2D eigenvalue weighted by Crippen LogP contribution is -2.56. The van der Waals surface area contributed by atoms with Crippen LogP contribution in [-0.4, -0.2) is 34.2 Å². The van der Waals surface area contributed by atoms with E-state index < -0.39 is 11.0 Å². The highest BCUT2D eigenvalue weighted by Crippen LogP contribution is 2.69. The highest BCUT2D eigenvalue weighted by atomic mass is 35.5. The Bertz CT molecular complexity index is 1950. The number of carbonyl (C=O) groups excluding carboxylic acids is 1. The normalized spacial score (nSPS) is 25.6. The molecule has 4 aromatic carbocycles. The summed E-state index contributed by atoms with van der Waals surface area (Å²) in [5, 5.41) is 1.36. The maximum Gasteiger partial charge on any atom is 0.168 e. The van der Waals surface area contributed by atoms with Crippen molar-refractivity contribution in [2.75, 3.05) is 13.6 Å². The van der Waals surface area contributed by atoms with Gasteiger partial charge in [-0.05, 0) is 91.0 Å². The first-order valence-corrected chi connectivity index (χ1v) is 15.5. The molecule has 6 heteroatoms. The smallest absolute Gasteiger partial charge is 0.168 e. The Kier molecular flexibility index (Phi) is 6.13. The highest BCUT2D eigenvalue weighted by molar-refractivity contribution is 6.30. The number of para-hydroxylation sites is 2. The standard InChI is InChI=1S/C37H29Cl2N3O/c1-42-22-30(24-14-18-27(39)19-15-24)36(20-6-7-25(35(36)43)21-23-12-16-26(38)17-13-23)37(42)29-9-3-2-8-28(29)33-34(37)41-32-11-5-4-10-31(32)40-33/h2-5,8-19,21,30H,6-7,20,22H2,1H3. The summed E-state index contributed by atoms with van der Waals surface area (Å²) in [7, 11) is 2.16. The number of ketones is 1. The summed E-state index contributed by atoms with van der Waals surface area (Å²) in [5.41, 5.74) is 6.96. The molecule has 3 aliphatic rings. The fraction of sp³-hybridized carbons (Fsp3) is 0.216. The molecule has 0 N–H and O–H groups in total. The molecule has 2 fully saturated rings. The zero-order chi connectivity index (χ0) is 29.3. The van der Waals surface area contributed by atoms with Gasteiger partial charge in [0, 0.05) is 28.1 Å². The van der Waals surface area contributed by atoms with E-state index in [1.54, 1.807) is 0 Å². The van der Waals surface area contributed by atoms with Gasteiger partial charge in [-0.1, -0.05) is 83.9 Å². The van der Waals surface area contributed by atoms with Crippen LogP contribution in [0.3, 0.4) is 0 Å². The minimum atomic E-state index is -0.815. The monoisotopic (exact) mass is 601 g/mol. The van der Waals surface area contributed by atoms with E-state index >= 15 is 4.79 Å². The molecule has 2 heterocycles. The average molecular weight is 603 g/mol. The third kappa shape index (κ3) is 3.70. The molecule has 4 nitrogen and oxygen atoms in total. The van der Waals surface area contributed by atoms with Gasteiger partial charge < -0.3 is 0 Å². The number of nitrogens with zero attached hydrogens (tertiary/aromatic N) is 3. The van der Waals surface area contributed by atoms with Gasteiger partial charge in [0.2, 0.25) is 0 Å². The summed E-state index contributed by atoms with van der Waals surface area (Å²) in [6.45, 7) is 0.698. The van der Waals surface area contributed by atoms with Crippen LogP contribution in [0.15, 0.2) is 103 Å². The van der Waals surface area contributed by atoms with Gasteiger partial charge in [0.25, 0.3) is 0 Å². The number of benzene rings is 4. The molecule has 1 saturated heterocycles. The molecule has 2 aliphatic carbocycles. The van der Waals surface area contributed by atoms with Crippen molar-refractivity contribution in [1.82, 2.24) is 14.9 Å². The first-order valence-electron chi connectivity index (χ1n) is 14.8. The molecule has 3 unspecified atom stereocenters. The predicted molar refractivity (Wildman–Crippen MR) is 173 cm³/mol. The summed E-state index contributed by atoms with van der Waals surface area (Å²) in [4.78, 5) is 28.5. The second-order valence-electron chi connectivity index (χ2n) is 12.0. The second kappa shape index (κ2) is 9.85. The second-order valence-corrected chi connectivity index (χ2v) is 12.9. The molecular formula is C37H29Cl2N3O. The van der Waals surface area contributed by atoms with Crippen LogP contribution in [0.4, 0.5) is 0 Å². The Morgan fingerprint density at radius 1 is 0.837 bits per heavy atom. The van der Waals surface area contributed by atoms with Crippen LogP contribution in [0.2, 0.25) is 10.0 Å². The predicted octanol–water partition coefficient (Wildman–Crippen LogP) is 8.71. The largest absolute Gasteiger partial charge is 0.294 e. The number of hydrogen-bond donors (Lipinski definition) is 0. The van der Waals surface area contributed by atoms with Gasteiger partial charge in [-0.3, -0.25) is 9.69 Å². The Morgan fingerprint density at radius 2 is 1.49 bits per heavy atom. The minimum absolute atomic E-state index is 0.0801. The quantitative estimate of drug-likeness (QED) is 0.190. The van der Waals surface area contributed by atoms with E-state index in [2.05, 4.69) is 54.4 Å². The lowest BCUT2D eigenvalue weighted by Gasteiger charge is -2.50. The van der Waals surface area contributed by atoms with Gasteiger partial charge in [-0.25, -0.2) is 9.97 Å². The van der Waals surface area contributed by atoms with E-state index in [0.29, 0.717) is 16.6 Å². The molecular weight excluding hydrogens is 573 g/mol. The fourth-order valence-electron chi connectivity index (χ4n) is 8.30. The zero-order valence-corrected chi connectivity index (χ0v) is 25.2. The Labute approximate surface area is 261 Å². The van der Waals surface area contributed by atoms with E-state index in [9.17, 15) is 0 Å². The third-order valence-electron chi connectivity index (χ3n) is 9.95. The van der Waals surface area contributed by atoms with Crippen molar-refractivity contribution in [2.24, 2.45) is 5.41 Å². The molecule has 3 atom stereocenters. The summed E-state index contributed by atoms with van der Waals surface area (Å²) >= 11 is 12.6. The maximum atomic E-state index is 15.5. The van der Waals surface area contributed by atoms with Crippen LogP contribution < -0.4 is 0 Å². The van der Waals surface area contributed by atoms with Gasteiger partial charge in [-0.15, -0.1) is 0 Å². The molecule has 1 saturated carbocycles. The SMILES string of the molecule is CN1CC(c2ccc(Cl)cc2)C2(CCCC(=Cc3ccc(Cl)cc3)C2=O)C12c1ccccc1-c1nc3ccccc3nc12. The number of Topliss-reactive ketones (excluding diaryl/α,β-unsaturated/α-hetero) is 1. The first-order chi connectivity index (χ1) is 20.9. The Balaban J connectivity index is 1.44. The van der Waals surface area contributed by atoms with Crippen molar-refractivity contribution in [1.29, 1.82) is 0 Å². The topological polar surface area (TPSA) is 46.1 Å². The fourth-order valence-corrected chi connectivity index (χ4v) is 8.55. The number of hydrogen-bond acceptors (Lipinski definition) is 4. The number of allylic oxidation sites excluding steroid dienone is 1. The van der Waals surface area contributed by atoms with Crippen molar-refractivity contribution in [2.45, 2.75) is 30.7 Å². The van der Waals surface area contributed by atoms with Crippen molar-refractivity contribution in [3.8, 4) is 11.3 Å². The van der Waals surface area contributed by atoms with Crippen LogP contribution in [-0.2, 0) is 10.3 Å². The van der Waals surface area contributed by atoms with E-state index in [1.807, 2.05) is 60.7 Å². The van der Waals surface area contributed by atoms with Gasteiger partial charge in [-0.2, -0.15) is 0 Å². The molecule has 0 amide bonds. The van der Waals surface area contributed by atoms with Crippen LogP contribution >= 0.6 is 23.2 Å². The summed E-state index contributed by atoms with van der Waals surface area (Å²) in [5.74, 6) is 0.110. The van der Waals surface area contributed by atoms with Crippen molar-refractivity contribution in [3.63, 3.8) is 0 Å².